The zero-order valence-corrected chi connectivity index (χ0v) is 27.2. The van der Waals surface area contributed by atoms with Gasteiger partial charge in [0.05, 0.1) is 31.9 Å². The molecule has 0 saturated heterocycles. The first-order chi connectivity index (χ1) is 22.2. The number of carbonyl (C=O) groups excluding carboxylic acids is 2. The molecule has 242 valence electrons. The Hall–Kier alpha value is -5.03. The fraction of sp³-hybridized carbons (Fsp3) is 0.257. The van der Waals surface area contributed by atoms with Crippen molar-refractivity contribution in [3.63, 3.8) is 0 Å². The number of benzene rings is 4. The van der Waals surface area contributed by atoms with Gasteiger partial charge >= 0.3 is 0 Å². The lowest BCUT2D eigenvalue weighted by Crippen LogP contribution is -2.53. The monoisotopic (exact) mass is 645 g/mol. The smallest absolute Gasteiger partial charge is 0.264 e. The average Bonchev–Trinajstić information content (AvgIpc) is 3.09. The van der Waals surface area contributed by atoms with E-state index in [1.165, 1.54) is 37.3 Å². The maximum atomic E-state index is 14.5. The molecule has 0 spiro atoms. The van der Waals surface area contributed by atoms with Crippen LogP contribution in [0.5, 0.6) is 17.2 Å². The molecular formula is C35H39N3O7S. The van der Waals surface area contributed by atoms with E-state index in [2.05, 4.69) is 5.32 Å². The summed E-state index contributed by atoms with van der Waals surface area (Å²) in [5.41, 5.74) is 1.74. The highest BCUT2D eigenvalue weighted by atomic mass is 32.2. The van der Waals surface area contributed by atoms with Gasteiger partial charge in [-0.25, -0.2) is 8.42 Å². The Bertz CT molecular complexity index is 1720. The molecule has 0 heterocycles. The van der Waals surface area contributed by atoms with Crippen molar-refractivity contribution in [2.75, 3.05) is 38.7 Å². The van der Waals surface area contributed by atoms with Crippen molar-refractivity contribution in [2.45, 2.75) is 30.8 Å². The number of sulfonamides is 1. The molecule has 4 rings (SSSR count). The van der Waals surface area contributed by atoms with Crippen LogP contribution in [0.2, 0.25) is 0 Å². The molecule has 46 heavy (non-hydrogen) atoms. The molecule has 11 heteroatoms. The third-order valence-electron chi connectivity index (χ3n) is 7.37. The molecule has 10 nitrogen and oxygen atoms in total. The molecule has 1 atom stereocenters. The highest BCUT2D eigenvalue weighted by Gasteiger charge is 2.35. The van der Waals surface area contributed by atoms with Gasteiger partial charge in [0.2, 0.25) is 11.8 Å². The number of ether oxygens (including phenoxy) is 3. The van der Waals surface area contributed by atoms with E-state index in [0.29, 0.717) is 29.4 Å². The second-order valence-corrected chi connectivity index (χ2v) is 12.2. The number of likely N-dealkylation sites (N-methyl/N-ethyl adjacent to an activating group) is 1. The van der Waals surface area contributed by atoms with Gasteiger partial charge in [0.1, 0.15) is 18.3 Å². The van der Waals surface area contributed by atoms with Gasteiger partial charge in [0.15, 0.2) is 11.5 Å². The number of methoxy groups -OCH3 is 3. The fourth-order valence-corrected chi connectivity index (χ4v) is 6.47. The number of hydrogen-bond donors (Lipinski definition) is 1. The summed E-state index contributed by atoms with van der Waals surface area (Å²) in [6.45, 7) is 1.58. The first-order valence-corrected chi connectivity index (χ1v) is 16.2. The van der Waals surface area contributed by atoms with E-state index < -0.39 is 28.5 Å². The van der Waals surface area contributed by atoms with Gasteiger partial charge in [0, 0.05) is 25.6 Å². The van der Waals surface area contributed by atoms with Gasteiger partial charge in [-0.1, -0.05) is 60.7 Å². The Labute approximate surface area is 270 Å². The molecule has 4 aromatic carbocycles. The number of nitrogens with zero attached hydrogens (tertiary/aromatic N) is 2. The second-order valence-electron chi connectivity index (χ2n) is 10.3. The number of hydrogen-bond acceptors (Lipinski definition) is 7. The van der Waals surface area contributed by atoms with Crippen LogP contribution in [0.4, 0.5) is 5.69 Å². The molecule has 1 N–H and O–H groups in total. The summed E-state index contributed by atoms with van der Waals surface area (Å²) in [4.78, 5) is 29.6. The largest absolute Gasteiger partial charge is 0.497 e. The van der Waals surface area contributed by atoms with Gasteiger partial charge in [-0.05, 0) is 54.4 Å². The highest BCUT2D eigenvalue weighted by Crippen LogP contribution is 2.34. The topological polar surface area (TPSA) is 114 Å². The van der Waals surface area contributed by atoms with Gasteiger partial charge < -0.3 is 24.4 Å². The number of amides is 2. The minimum absolute atomic E-state index is 0.00138. The molecule has 0 aliphatic rings. The van der Waals surface area contributed by atoms with Crippen LogP contribution in [0.25, 0.3) is 0 Å². The summed E-state index contributed by atoms with van der Waals surface area (Å²) >= 11 is 0. The van der Waals surface area contributed by atoms with Crippen LogP contribution in [0, 0.1) is 0 Å². The predicted octanol–water partition coefficient (Wildman–Crippen LogP) is 4.68. The van der Waals surface area contributed by atoms with Crippen molar-refractivity contribution in [3.05, 3.63) is 114 Å². The van der Waals surface area contributed by atoms with Gasteiger partial charge in [0.25, 0.3) is 10.0 Å². The summed E-state index contributed by atoms with van der Waals surface area (Å²) in [6.07, 6.45) is 0.212. The summed E-state index contributed by atoms with van der Waals surface area (Å²) in [5, 5.41) is 2.86. The summed E-state index contributed by atoms with van der Waals surface area (Å²) in [5.74, 6) is 0.336. The van der Waals surface area contributed by atoms with E-state index >= 15 is 0 Å². The lowest BCUT2D eigenvalue weighted by Gasteiger charge is -2.34. The first kappa shape index (κ1) is 33.9. The molecule has 1 unspecified atom stereocenters. The number of nitrogens with one attached hydrogen (secondary N) is 1. The number of rotatable bonds is 15. The molecule has 0 bridgehead atoms. The van der Waals surface area contributed by atoms with E-state index in [0.717, 1.165) is 9.87 Å². The number of anilines is 1. The highest BCUT2D eigenvalue weighted by molar-refractivity contribution is 7.92. The van der Waals surface area contributed by atoms with Crippen molar-refractivity contribution in [3.8, 4) is 17.2 Å². The van der Waals surface area contributed by atoms with Crippen molar-refractivity contribution >= 4 is 27.5 Å². The Balaban J connectivity index is 1.83. The minimum atomic E-state index is -4.26. The molecule has 4 aromatic rings. The van der Waals surface area contributed by atoms with E-state index in [9.17, 15) is 18.0 Å². The van der Waals surface area contributed by atoms with Crippen molar-refractivity contribution in [1.82, 2.24) is 10.2 Å². The van der Waals surface area contributed by atoms with Crippen LogP contribution in [-0.2, 0) is 32.6 Å². The van der Waals surface area contributed by atoms with Crippen LogP contribution >= 0.6 is 0 Å². The Morgan fingerprint density at radius 1 is 0.761 bits per heavy atom. The van der Waals surface area contributed by atoms with E-state index in [4.69, 9.17) is 14.2 Å². The Morgan fingerprint density at radius 2 is 1.41 bits per heavy atom. The van der Waals surface area contributed by atoms with Gasteiger partial charge in [-0.3, -0.25) is 13.9 Å². The lowest BCUT2D eigenvalue weighted by atomic mass is 10.0. The molecule has 0 radical (unpaired) electrons. The molecule has 0 saturated carbocycles. The van der Waals surface area contributed by atoms with Gasteiger partial charge in [-0.2, -0.15) is 0 Å². The molecule has 0 aromatic heterocycles. The quantitative estimate of drug-likeness (QED) is 0.200. The predicted molar refractivity (Wildman–Crippen MR) is 177 cm³/mol. The fourth-order valence-electron chi connectivity index (χ4n) is 5.04. The van der Waals surface area contributed by atoms with Gasteiger partial charge in [-0.15, -0.1) is 0 Å². The van der Waals surface area contributed by atoms with Crippen LogP contribution in [-0.4, -0.2) is 65.6 Å². The summed E-state index contributed by atoms with van der Waals surface area (Å²) < 4.78 is 45.6. The molecular weight excluding hydrogens is 606 g/mol. The lowest BCUT2D eigenvalue weighted by molar-refractivity contribution is -0.140. The summed E-state index contributed by atoms with van der Waals surface area (Å²) in [6, 6.07) is 28.1. The van der Waals surface area contributed by atoms with Crippen LogP contribution in [0.15, 0.2) is 108 Å². The van der Waals surface area contributed by atoms with E-state index in [-0.39, 0.29) is 29.5 Å². The molecule has 0 fully saturated rings. The molecule has 0 aliphatic carbocycles. The third kappa shape index (κ3) is 8.16. The third-order valence-corrected chi connectivity index (χ3v) is 9.16. The van der Waals surface area contributed by atoms with Crippen LogP contribution in [0.1, 0.15) is 18.1 Å². The Morgan fingerprint density at radius 3 is 2.04 bits per heavy atom. The minimum Gasteiger partial charge on any atom is -0.497 e. The van der Waals surface area contributed by atoms with Crippen molar-refractivity contribution in [2.24, 2.45) is 0 Å². The second kappa shape index (κ2) is 15.8. The zero-order chi connectivity index (χ0) is 33.1. The van der Waals surface area contributed by atoms with E-state index in [1.54, 1.807) is 62.6 Å². The normalized spacial score (nSPS) is 11.7. The average molecular weight is 646 g/mol. The summed E-state index contributed by atoms with van der Waals surface area (Å²) in [7, 11) is 0.209. The maximum absolute atomic E-state index is 14.5. The number of carbonyl (C=O) groups is 2. The molecule has 0 aliphatic heterocycles. The first-order valence-electron chi connectivity index (χ1n) is 14.8. The molecule has 2 amide bonds. The zero-order valence-electron chi connectivity index (χ0n) is 26.4. The Kier molecular flexibility index (Phi) is 11.6. The van der Waals surface area contributed by atoms with E-state index in [1.807, 2.05) is 36.4 Å². The standard InChI is InChI=1S/C35H39N3O7S/c1-5-36-35(40)31(22-26-13-8-6-9-14-26)37(24-27-15-12-16-29(21-27)43-2)34(39)25-38(46(41,42)30-17-10-7-11-18-30)28-19-20-32(44-3)33(23-28)45-4/h6-21,23,31H,5,22,24-25H2,1-4H3,(H,36,40). The van der Waals surface area contributed by atoms with Crippen LogP contribution < -0.4 is 23.8 Å². The van der Waals surface area contributed by atoms with Crippen molar-refractivity contribution in [1.29, 1.82) is 0 Å². The van der Waals surface area contributed by atoms with Crippen LogP contribution in [0.3, 0.4) is 0 Å². The van der Waals surface area contributed by atoms with Crippen molar-refractivity contribution < 1.29 is 32.2 Å². The SMILES string of the molecule is CCNC(=O)C(Cc1ccccc1)N(Cc1cccc(OC)c1)C(=O)CN(c1ccc(OC)c(OC)c1)S(=O)(=O)c1ccccc1. The maximum Gasteiger partial charge on any atom is 0.264 e.